The topological polar surface area (TPSA) is 43.9 Å². The quantitative estimate of drug-likeness (QED) is 0.113. The van der Waals surface area contributed by atoms with Gasteiger partial charge in [-0.15, -0.1) is 59.7 Å². The average molecular weight is 1010 g/mol. The summed E-state index contributed by atoms with van der Waals surface area (Å²) in [6.45, 7) is 21.7. The van der Waals surface area contributed by atoms with Gasteiger partial charge in [0.25, 0.3) is 0 Å². The Morgan fingerprint density at radius 3 is 2.03 bits per heavy atom. The summed E-state index contributed by atoms with van der Waals surface area (Å²) in [7, 11) is -1.70. The van der Waals surface area contributed by atoms with Crippen LogP contribution >= 0.6 is 0 Å². The molecule has 0 saturated heterocycles. The molecule has 0 aliphatic heterocycles. The number of fused-ring (bicyclic) bond motifs is 4. The first-order valence-electron chi connectivity index (χ1n) is 22.5. The molecule has 0 unspecified atom stereocenters. The summed E-state index contributed by atoms with van der Waals surface area (Å²) in [6, 6.07) is 52.6. The van der Waals surface area contributed by atoms with E-state index in [0.717, 1.165) is 66.4 Å². The predicted octanol–water partition coefficient (Wildman–Crippen LogP) is 15.0. The summed E-state index contributed by atoms with van der Waals surface area (Å²) >= 11 is 0. The van der Waals surface area contributed by atoms with E-state index in [1.54, 1.807) is 0 Å². The van der Waals surface area contributed by atoms with Crippen LogP contribution < -0.4 is 5.19 Å². The Morgan fingerprint density at radius 1 is 0.710 bits per heavy atom. The molecule has 4 nitrogen and oxygen atoms in total. The van der Waals surface area contributed by atoms with Crippen LogP contribution in [0.5, 0.6) is 0 Å². The second-order valence-corrected chi connectivity index (χ2v) is 23.7. The molecular weight excluding hydrogens is 951 g/mol. The van der Waals surface area contributed by atoms with E-state index < -0.39 is 19.9 Å². The number of benzene rings is 6. The van der Waals surface area contributed by atoms with Crippen LogP contribution in [0.1, 0.15) is 79.7 Å². The minimum atomic E-state index is -1.70. The van der Waals surface area contributed by atoms with E-state index in [2.05, 4.69) is 154 Å². The molecule has 0 atom stereocenters. The number of rotatable bonds is 8. The molecule has 0 N–H and O–H groups in total. The number of pyridine rings is 1. The van der Waals surface area contributed by atoms with Crippen LogP contribution in [0.25, 0.3) is 72.4 Å². The maximum absolute atomic E-state index is 8.75. The molecule has 0 aliphatic rings. The van der Waals surface area contributed by atoms with Gasteiger partial charge < -0.3 is 14.0 Å². The molecule has 6 heteroatoms. The van der Waals surface area contributed by atoms with Crippen LogP contribution in [-0.2, 0) is 26.5 Å². The molecule has 0 aliphatic carbocycles. The van der Waals surface area contributed by atoms with E-state index >= 15 is 0 Å². The fourth-order valence-corrected chi connectivity index (χ4v) is 9.50. The van der Waals surface area contributed by atoms with Gasteiger partial charge in [-0.05, 0) is 87.1 Å². The van der Waals surface area contributed by atoms with Gasteiger partial charge in [-0.2, -0.15) is 0 Å². The van der Waals surface area contributed by atoms with Gasteiger partial charge in [0.1, 0.15) is 5.58 Å². The van der Waals surface area contributed by atoms with Crippen LogP contribution in [-0.4, -0.2) is 22.6 Å². The summed E-state index contributed by atoms with van der Waals surface area (Å²) < 4.78 is 26.0. The Kier molecular flexibility index (Phi) is 12.3. The zero-order valence-electron chi connectivity index (χ0n) is 39.5. The third kappa shape index (κ3) is 9.34. The number of furan rings is 1. The fourth-order valence-electron chi connectivity index (χ4n) is 8.11. The monoisotopic (exact) mass is 1010 g/mol. The van der Waals surface area contributed by atoms with E-state index in [4.69, 9.17) is 12.1 Å². The van der Waals surface area contributed by atoms with Crippen LogP contribution in [0, 0.1) is 17.5 Å². The summed E-state index contributed by atoms with van der Waals surface area (Å²) in [6.07, 6.45) is 0.469. The van der Waals surface area contributed by atoms with Gasteiger partial charge in [0.05, 0.1) is 30.5 Å². The Labute approximate surface area is 385 Å². The Balaban J connectivity index is 0.000000219. The van der Waals surface area contributed by atoms with E-state index in [0.29, 0.717) is 11.8 Å². The van der Waals surface area contributed by atoms with Crippen molar-refractivity contribution in [2.75, 3.05) is 0 Å². The van der Waals surface area contributed by atoms with Gasteiger partial charge in [0.2, 0.25) is 0 Å². The van der Waals surface area contributed by atoms with Gasteiger partial charge in [0.15, 0.2) is 0 Å². The number of hydrogen-bond acceptors (Lipinski definition) is 3. The first-order valence-corrected chi connectivity index (χ1v) is 25.0. The van der Waals surface area contributed by atoms with Gasteiger partial charge in [-0.3, -0.25) is 4.98 Å². The standard InChI is InChI=1S/C37H31N2O.C19H26NSi.Ir/c1-23(2)29-21-27(25-12-6-5-7-13-25)22-30(24(3)4)36(29)39-33-16-10-9-15-32(33)38-37(39)26-18-19-35-31(20-26)28-14-8-11-17-34(28)40-35;1-19(2,3)13-16-12-17(15-10-8-7-9-11-15)20-14-18(16)21(4,5)6;/h5-17,19-24H,1-4H3;7-10,12,14H,13H2,1-6H3;/q2*-1;/i;13D2;. The molecule has 0 fully saturated rings. The predicted molar refractivity (Wildman–Crippen MR) is 261 cm³/mol. The first-order chi connectivity index (χ1) is 29.9. The van der Waals surface area contributed by atoms with Gasteiger partial charge >= 0.3 is 0 Å². The molecule has 9 aromatic rings. The van der Waals surface area contributed by atoms with Crippen molar-refractivity contribution in [1.29, 1.82) is 0 Å². The van der Waals surface area contributed by atoms with Crippen LogP contribution in [0.4, 0.5) is 0 Å². The molecule has 0 spiro atoms. The molecule has 3 heterocycles. The summed E-state index contributed by atoms with van der Waals surface area (Å²) in [5.74, 6) is 1.52. The number of hydrogen-bond donors (Lipinski definition) is 0. The minimum Gasteiger partial charge on any atom is -0.500 e. The smallest absolute Gasteiger partial charge is 0.120 e. The minimum absolute atomic E-state index is 0. The van der Waals surface area contributed by atoms with E-state index in [9.17, 15) is 0 Å². The van der Waals surface area contributed by atoms with Gasteiger partial charge in [-0.25, -0.2) is 0 Å². The number of imidazole rings is 1. The number of para-hydroxylation sites is 3. The van der Waals surface area contributed by atoms with Crippen molar-refractivity contribution in [3.8, 4) is 39.5 Å². The van der Waals surface area contributed by atoms with Crippen LogP contribution in [0.15, 0.2) is 144 Å². The molecule has 62 heavy (non-hydrogen) atoms. The molecule has 0 saturated carbocycles. The van der Waals surface area contributed by atoms with Gasteiger partial charge in [-0.1, -0.05) is 146 Å². The molecular formula is C56H57IrN3OSi-2. The Morgan fingerprint density at radius 2 is 1.37 bits per heavy atom. The van der Waals surface area contributed by atoms with Crippen molar-refractivity contribution >= 4 is 46.2 Å². The molecule has 1 radical (unpaired) electrons. The third-order valence-corrected chi connectivity index (χ3v) is 13.1. The molecule has 9 rings (SSSR count). The molecule has 317 valence electrons. The van der Waals surface area contributed by atoms with Crippen molar-refractivity contribution in [3.05, 3.63) is 168 Å². The first kappa shape index (κ1) is 41.9. The maximum Gasteiger partial charge on any atom is 0.120 e. The number of aromatic nitrogens is 3. The zero-order chi connectivity index (χ0) is 44.8. The zero-order valence-corrected chi connectivity index (χ0v) is 40.9. The Hall–Kier alpha value is -5.39. The van der Waals surface area contributed by atoms with E-state index in [1.165, 1.54) is 27.9 Å². The second kappa shape index (κ2) is 18.1. The summed E-state index contributed by atoms with van der Waals surface area (Å²) in [5.41, 5.74) is 13.1. The largest absolute Gasteiger partial charge is 0.500 e. The van der Waals surface area contributed by atoms with Crippen molar-refractivity contribution < 1.29 is 27.3 Å². The normalized spacial score (nSPS) is 12.6. The molecule has 0 amide bonds. The number of nitrogens with zero attached hydrogens (tertiary/aromatic N) is 3. The third-order valence-electron chi connectivity index (χ3n) is 11.1. The van der Waals surface area contributed by atoms with Crippen molar-refractivity contribution in [2.45, 2.75) is 86.3 Å². The molecule has 0 bridgehead atoms. The summed E-state index contributed by atoms with van der Waals surface area (Å²) in [4.78, 5) is 9.82. The molecule has 3 aromatic heterocycles. The van der Waals surface area contributed by atoms with E-state index in [1.807, 2.05) is 75.5 Å². The van der Waals surface area contributed by atoms with E-state index in [-0.39, 0.29) is 20.1 Å². The van der Waals surface area contributed by atoms with Crippen molar-refractivity contribution in [3.63, 3.8) is 0 Å². The Bertz CT molecular complexity index is 3040. The van der Waals surface area contributed by atoms with Crippen LogP contribution in [0.2, 0.25) is 19.6 Å². The maximum atomic E-state index is 8.75. The van der Waals surface area contributed by atoms with Gasteiger partial charge in [0, 0.05) is 40.1 Å². The molecule has 6 aromatic carbocycles. The second-order valence-electron chi connectivity index (χ2n) is 18.7. The van der Waals surface area contributed by atoms with Crippen molar-refractivity contribution in [1.82, 2.24) is 14.5 Å². The average Bonchev–Trinajstić information content (AvgIpc) is 3.84. The fraction of sp³-hybridized carbons (Fsp3) is 0.250. The SMILES string of the molecule is CC(C)c1cc(-c2ccccc2)cc(C(C)C)c1-n1c(-c2[c-]cc3oc4ccccc4c3c2)nc2ccccc21.[2H]C([2H])(c1cc(-c2[c-]cccc2)ncc1[Si](C)(C)C)C(C)(C)C.[Ir]. The van der Waals surface area contributed by atoms with Crippen LogP contribution in [0.3, 0.4) is 0 Å². The summed E-state index contributed by atoms with van der Waals surface area (Å²) in [5, 5.41) is 3.28. The van der Waals surface area contributed by atoms with Crippen molar-refractivity contribution in [2.24, 2.45) is 5.41 Å².